The molecule has 0 aromatic heterocycles. The molecule has 404 valence electrons. The van der Waals surface area contributed by atoms with Crippen LogP contribution < -0.4 is 0 Å². The van der Waals surface area contributed by atoms with Crippen LogP contribution in [0.5, 0.6) is 0 Å². The van der Waals surface area contributed by atoms with Crippen LogP contribution in [0.1, 0.15) is 245 Å². The molecule has 0 spiro atoms. The maximum absolute atomic E-state index is 12.9. The summed E-state index contributed by atoms with van der Waals surface area (Å²) < 4.78 is 27.9. The minimum atomic E-state index is -2.34. The number of rotatable bonds is 45. The first-order chi connectivity index (χ1) is 33.6. The highest BCUT2D eigenvalue weighted by Crippen LogP contribution is 2.37. The Morgan fingerprint density at radius 2 is 0.884 bits per heavy atom. The van der Waals surface area contributed by atoms with Crippen molar-refractivity contribution in [2.24, 2.45) is 0 Å². The number of esters is 2. The van der Waals surface area contributed by atoms with E-state index >= 15 is 0 Å². The van der Waals surface area contributed by atoms with Crippen LogP contribution in [0.25, 0.3) is 0 Å². The van der Waals surface area contributed by atoms with Gasteiger partial charge in [-0.15, -0.1) is 0 Å². The molecule has 13 heteroatoms. The number of hydrogen-bond donors (Lipinski definition) is 6. The number of aliphatic hydroxyl groups is 6. The predicted molar refractivity (Wildman–Crippen MR) is 272 cm³/mol. The Kier molecular flexibility index (Phi) is 38.0. The van der Waals surface area contributed by atoms with Gasteiger partial charge in [-0.05, 0) is 64.2 Å². The fourth-order valence-corrected chi connectivity index (χ4v) is 9.30. The average molecular weight is 983 g/mol. The summed E-state index contributed by atoms with van der Waals surface area (Å²) in [5, 5.41) is 64.1. The van der Waals surface area contributed by atoms with Gasteiger partial charge < -0.3 is 54.3 Å². The van der Waals surface area contributed by atoms with Gasteiger partial charge in [0.2, 0.25) is 5.79 Å². The lowest BCUT2D eigenvalue weighted by molar-refractivity contribution is -0.383. The van der Waals surface area contributed by atoms with Crippen LogP contribution in [-0.4, -0.2) is 117 Å². The molecule has 0 aromatic rings. The third-order valence-corrected chi connectivity index (χ3v) is 13.8. The topological polar surface area (TPSA) is 202 Å². The van der Waals surface area contributed by atoms with E-state index in [4.69, 9.17) is 23.7 Å². The summed E-state index contributed by atoms with van der Waals surface area (Å²) in [6, 6.07) is 0. The molecule has 0 aliphatic carbocycles. The van der Waals surface area contributed by atoms with Crippen molar-refractivity contribution in [1.82, 2.24) is 0 Å². The Morgan fingerprint density at radius 1 is 0.493 bits per heavy atom. The van der Waals surface area contributed by atoms with E-state index in [1.165, 1.54) is 154 Å². The van der Waals surface area contributed by atoms with E-state index in [1.807, 2.05) is 0 Å². The van der Waals surface area contributed by atoms with Crippen LogP contribution in [0.4, 0.5) is 0 Å². The zero-order valence-electron chi connectivity index (χ0n) is 43.5. The standard InChI is InChI=1S/C56H102O13/c1-3-5-7-9-11-13-15-17-19-21-23-25-27-29-31-33-35-37-39-41-48(59)65-44-47-51(62)54(64)56(45-58,68-47)69-55-52(63)53(50(61)46(43-57)66-55)67-49(60)42-40-38-36-34-32-30-28-26-24-22-20-18-16-14-12-10-8-6-4-2/h17-20,46-47,50-55,57-58,61-64H,3-16,21-45H2,1-2H3/b19-17+,20-18+/t46-,47-,50-,51-,52-,53+,54+,55-,56+/m1/s1. The highest BCUT2D eigenvalue weighted by molar-refractivity contribution is 5.69. The van der Waals surface area contributed by atoms with Crippen LogP contribution in [0.2, 0.25) is 0 Å². The van der Waals surface area contributed by atoms with E-state index in [1.54, 1.807) is 0 Å². The molecular weight excluding hydrogens is 881 g/mol. The number of aliphatic hydroxyl groups excluding tert-OH is 6. The van der Waals surface area contributed by atoms with Crippen LogP contribution in [0.15, 0.2) is 24.3 Å². The lowest BCUT2D eigenvalue weighted by Crippen LogP contribution is -2.63. The van der Waals surface area contributed by atoms with Gasteiger partial charge in [-0.1, -0.05) is 192 Å². The van der Waals surface area contributed by atoms with Gasteiger partial charge in [0, 0.05) is 12.8 Å². The van der Waals surface area contributed by atoms with Gasteiger partial charge >= 0.3 is 11.9 Å². The molecule has 0 bridgehead atoms. The van der Waals surface area contributed by atoms with E-state index in [0.29, 0.717) is 12.8 Å². The van der Waals surface area contributed by atoms with Crippen molar-refractivity contribution in [3.8, 4) is 0 Å². The summed E-state index contributed by atoms with van der Waals surface area (Å²) in [5.41, 5.74) is 0. The molecule has 2 saturated heterocycles. The molecule has 2 aliphatic heterocycles. The maximum atomic E-state index is 12.9. The molecule has 69 heavy (non-hydrogen) atoms. The van der Waals surface area contributed by atoms with E-state index < -0.39 is 86.6 Å². The lowest BCUT2D eigenvalue weighted by Gasteiger charge is -2.44. The van der Waals surface area contributed by atoms with Crippen molar-refractivity contribution in [1.29, 1.82) is 0 Å². The largest absolute Gasteiger partial charge is 0.463 e. The first kappa shape index (κ1) is 63.2. The molecule has 2 aliphatic rings. The molecule has 0 aromatic carbocycles. The van der Waals surface area contributed by atoms with Crippen LogP contribution in [0, 0.1) is 0 Å². The fourth-order valence-electron chi connectivity index (χ4n) is 9.30. The second-order valence-corrected chi connectivity index (χ2v) is 20.0. The highest BCUT2D eigenvalue weighted by atomic mass is 16.8. The van der Waals surface area contributed by atoms with Crippen molar-refractivity contribution in [3.05, 3.63) is 24.3 Å². The zero-order valence-corrected chi connectivity index (χ0v) is 43.5. The average Bonchev–Trinajstić information content (AvgIpc) is 3.58. The maximum Gasteiger partial charge on any atom is 0.306 e. The van der Waals surface area contributed by atoms with Crippen LogP contribution in [0.3, 0.4) is 0 Å². The SMILES string of the molecule is CCCCCCCC/C=C/CCCCCCCCCCCC(=O)OC[C@H]1O[C@@](CO)(O[C@H]2O[C@H](CO)[C@@H](O)[C@H](OC(=O)CCCCCCCCCCC/C=C/CCCCCCCC)[C@H]2O)[C@@H](O)[C@@H]1O. The number of allylic oxidation sites excluding steroid dienone is 4. The quantitative estimate of drug-likeness (QED) is 0.0191. The van der Waals surface area contributed by atoms with E-state index in [0.717, 1.165) is 51.4 Å². The molecule has 2 heterocycles. The van der Waals surface area contributed by atoms with Crippen molar-refractivity contribution in [2.75, 3.05) is 19.8 Å². The number of ether oxygens (including phenoxy) is 5. The summed E-state index contributed by atoms with van der Waals surface area (Å²) >= 11 is 0. The summed E-state index contributed by atoms with van der Waals surface area (Å²) in [4.78, 5) is 25.4. The van der Waals surface area contributed by atoms with Crippen molar-refractivity contribution < 1.29 is 63.9 Å². The highest BCUT2D eigenvalue weighted by Gasteiger charge is 2.59. The van der Waals surface area contributed by atoms with E-state index in [9.17, 15) is 40.2 Å². The molecule has 2 rings (SSSR count). The second-order valence-electron chi connectivity index (χ2n) is 20.0. The summed E-state index contributed by atoms with van der Waals surface area (Å²) in [5.74, 6) is -3.48. The number of unbranched alkanes of at least 4 members (excludes halogenated alkanes) is 30. The first-order valence-corrected chi connectivity index (χ1v) is 28.2. The monoisotopic (exact) mass is 983 g/mol. The second kappa shape index (κ2) is 41.5. The lowest BCUT2D eigenvalue weighted by atomic mass is 9.98. The number of carbonyl (C=O) groups is 2. The van der Waals surface area contributed by atoms with Gasteiger partial charge in [0.25, 0.3) is 0 Å². The summed E-state index contributed by atoms with van der Waals surface area (Å²) in [6.07, 6.45) is 36.9. The first-order valence-electron chi connectivity index (χ1n) is 28.2. The third-order valence-electron chi connectivity index (χ3n) is 13.8. The molecule has 0 radical (unpaired) electrons. The van der Waals surface area contributed by atoms with Gasteiger partial charge in [0.05, 0.1) is 6.61 Å². The van der Waals surface area contributed by atoms with Gasteiger partial charge in [0.1, 0.15) is 49.8 Å². The Hall–Kier alpha value is -1.94. The third kappa shape index (κ3) is 28.2. The minimum absolute atomic E-state index is 0.0610. The van der Waals surface area contributed by atoms with Gasteiger partial charge in [-0.2, -0.15) is 0 Å². The van der Waals surface area contributed by atoms with E-state index in [-0.39, 0.29) is 12.8 Å². The Balaban J connectivity index is 1.61. The fraction of sp³-hybridized carbons (Fsp3) is 0.893. The van der Waals surface area contributed by atoms with Crippen molar-refractivity contribution in [2.45, 2.75) is 300 Å². The van der Waals surface area contributed by atoms with Gasteiger partial charge in [0.15, 0.2) is 12.4 Å². The predicted octanol–water partition coefficient (Wildman–Crippen LogP) is 10.9. The molecule has 6 N–H and O–H groups in total. The van der Waals surface area contributed by atoms with E-state index in [2.05, 4.69) is 38.2 Å². The number of carbonyl (C=O) groups excluding carboxylic acids is 2. The molecule has 2 fully saturated rings. The molecule has 0 saturated carbocycles. The van der Waals surface area contributed by atoms with Crippen LogP contribution >= 0.6 is 0 Å². The Bertz CT molecular complexity index is 1300. The Morgan fingerprint density at radius 3 is 1.29 bits per heavy atom. The van der Waals surface area contributed by atoms with Crippen molar-refractivity contribution >= 4 is 11.9 Å². The molecule has 13 nitrogen and oxygen atoms in total. The van der Waals surface area contributed by atoms with Gasteiger partial charge in [-0.25, -0.2) is 0 Å². The minimum Gasteiger partial charge on any atom is -0.463 e. The summed E-state index contributed by atoms with van der Waals surface area (Å²) in [6.45, 7) is 2.34. The normalized spacial score (nSPS) is 25.0. The Labute approximate surface area is 418 Å². The molecular formula is C56H102O13. The molecule has 9 atom stereocenters. The zero-order chi connectivity index (χ0) is 50.2. The van der Waals surface area contributed by atoms with Gasteiger partial charge in [-0.3, -0.25) is 9.59 Å². The molecule has 0 amide bonds. The van der Waals surface area contributed by atoms with Crippen LogP contribution in [-0.2, 0) is 33.3 Å². The number of hydrogen-bond acceptors (Lipinski definition) is 13. The molecule has 0 unspecified atom stereocenters. The smallest absolute Gasteiger partial charge is 0.306 e. The van der Waals surface area contributed by atoms with Crippen molar-refractivity contribution in [3.63, 3.8) is 0 Å². The summed E-state index contributed by atoms with van der Waals surface area (Å²) in [7, 11) is 0.